The van der Waals surface area contributed by atoms with Gasteiger partial charge in [0.1, 0.15) is 6.04 Å². The minimum absolute atomic E-state index is 0.125. The van der Waals surface area contributed by atoms with Gasteiger partial charge in [-0.25, -0.2) is 0 Å². The Hall–Kier alpha value is -2.62. The Morgan fingerprint density at radius 2 is 1.60 bits per heavy atom. The average molecular weight is 338 g/mol. The fraction of sp³-hybridized carbons (Fsp3) is 0.333. The van der Waals surface area contributed by atoms with Gasteiger partial charge in [-0.15, -0.1) is 0 Å². The number of carbonyl (C=O) groups is 2. The van der Waals surface area contributed by atoms with Crippen LogP contribution in [0.3, 0.4) is 0 Å². The molecule has 0 aliphatic heterocycles. The van der Waals surface area contributed by atoms with Gasteiger partial charge >= 0.3 is 0 Å². The van der Waals surface area contributed by atoms with Gasteiger partial charge in [0.2, 0.25) is 5.91 Å². The molecule has 4 heteroatoms. The van der Waals surface area contributed by atoms with Crippen molar-refractivity contribution in [2.75, 3.05) is 5.32 Å². The van der Waals surface area contributed by atoms with Gasteiger partial charge in [0.05, 0.1) is 0 Å². The molecule has 0 aliphatic rings. The second-order valence-electron chi connectivity index (χ2n) is 6.55. The van der Waals surface area contributed by atoms with E-state index in [9.17, 15) is 9.59 Å². The summed E-state index contributed by atoms with van der Waals surface area (Å²) in [4.78, 5) is 24.9. The second-order valence-corrected chi connectivity index (χ2v) is 6.55. The van der Waals surface area contributed by atoms with Crippen LogP contribution in [0.1, 0.15) is 44.4 Å². The zero-order chi connectivity index (χ0) is 18.2. The van der Waals surface area contributed by atoms with Crippen LogP contribution in [0.15, 0.2) is 54.6 Å². The van der Waals surface area contributed by atoms with E-state index in [4.69, 9.17) is 0 Å². The van der Waals surface area contributed by atoms with Gasteiger partial charge < -0.3 is 10.6 Å². The predicted octanol–water partition coefficient (Wildman–Crippen LogP) is 4.09. The highest BCUT2D eigenvalue weighted by Crippen LogP contribution is 2.17. The van der Waals surface area contributed by atoms with E-state index in [0.29, 0.717) is 6.42 Å². The van der Waals surface area contributed by atoms with Crippen LogP contribution in [0.4, 0.5) is 5.69 Å². The van der Waals surface area contributed by atoms with Gasteiger partial charge in [-0.3, -0.25) is 9.59 Å². The van der Waals surface area contributed by atoms with Gasteiger partial charge in [-0.1, -0.05) is 63.2 Å². The first-order valence-corrected chi connectivity index (χ1v) is 8.73. The Bertz CT molecular complexity index is 694. The van der Waals surface area contributed by atoms with Gasteiger partial charge in [0, 0.05) is 12.1 Å². The van der Waals surface area contributed by atoms with E-state index in [1.165, 1.54) is 5.56 Å². The molecule has 2 aromatic carbocycles. The lowest BCUT2D eigenvalue weighted by atomic mass is 10.0. The number of benzene rings is 2. The average Bonchev–Trinajstić information content (AvgIpc) is 2.60. The molecular formula is C21H26N2O2. The summed E-state index contributed by atoms with van der Waals surface area (Å²) >= 11 is 0. The highest BCUT2D eigenvalue weighted by atomic mass is 16.2. The number of amides is 2. The number of rotatable bonds is 7. The second kappa shape index (κ2) is 9.02. The number of hydrogen-bond donors (Lipinski definition) is 2. The van der Waals surface area contributed by atoms with Crippen molar-refractivity contribution in [2.24, 2.45) is 5.92 Å². The van der Waals surface area contributed by atoms with Gasteiger partial charge in [-0.2, -0.15) is 0 Å². The maximum Gasteiger partial charge on any atom is 0.251 e. The predicted molar refractivity (Wildman–Crippen MR) is 101 cm³/mol. The van der Waals surface area contributed by atoms with Crippen molar-refractivity contribution >= 4 is 17.5 Å². The summed E-state index contributed by atoms with van der Waals surface area (Å²) in [6.45, 7) is 6.04. The standard InChI is InChI=1S/C21H26N2O2/c1-4-16-10-12-18(13-11-16)22-21(25)20(17-8-6-5-7-9-17)23-19(24)14-15(2)3/h5-13,15,20H,4,14H2,1-3H3,(H,22,25)(H,23,24). The number of carbonyl (C=O) groups excluding carboxylic acids is 2. The Morgan fingerprint density at radius 3 is 2.16 bits per heavy atom. The topological polar surface area (TPSA) is 58.2 Å². The van der Waals surface area contributed by atoms with Crippen LogP contribution in [-0.4, -0.2) is 11.8 Å². The molecule has 4 nitrogen and oxygen atoms in total. The smallest absolute Gasteiger partial charge is 0.251 e. The number of anilines is 1. The zero-order valence-electron chi connectivity index (χ0n) is 15.1. The van der Waals surface area contributed by atoms with E-state index in [1.807, 2.05) is 68.4 Å². The lowest BCUT2D eigenvalue weighted by molar-refractivity contribution is -0.127. The minimum atomic E-state index is -0.710. The molecule has 0 aliphatic carbocycles. The third-order valence-corrected chi connectivity index (χ3v) is 3.92. The summed E-state index contributed by atoms with van der Waals surface area (Å²) < 4.78 is 0. The van der Waals surface area contributed by atoms with Gasteiger partial charge in [0.15, 0.2) is 0 Å². The fourth-order valence-electron chi connectivity index (χ4n) is 2.57. The minimum Gasteiger partial charge on any atom is -0.341 e. The fourth-order valence-corrected chi connectivity index (χ4v) is 2.57. The monoisotopic (exact) mass is 338 g/mol. The summed E-state index contributed by atoms with van der Waals surface area (Å²) in [5, 5.41) is 5.75. The van der Waals surface area contributed by atoms with E-state index >= 15 is 0 Å². The number of nitrogens with one attached hydrogen (secondary N) is 2. The summed E-state index contributed by atoms with van der Waals surface area (Å²) in [6, 6.07) is 16.3. The summed E-state index contributed by atoms with van der Waals surface area (Å²) in [6.07, 6.45) is 1.34. The molecule has 0 saturated carbocycles. The molecule has 25 heavy (non-hydrogen) atoms. The van der Waals surface area contributed by atoms with E-state index in [-0.39, 0.29) is 17.7 Å². The van der Waals surface area contributed by atoms with E-state index in [1.54, 1.807) is 0 Å². The SMILES string of the molecule is CCc1ccc(NC(=O)C(NC(=O)CC(C)C)c2ccccc2)cc1. The Kier molecular flexibility index (Phi) is 6.75. The Balaban J connectivity index is 2.15. The molecule has 0 fully saturated rings. The molecule has 0 bridgehead atoms. The zero-order valence-corrected chi connectivity index (χ0v) is 15.1. The number of aryl methyl sites for hydroxylation is 1. The summed E-state index contributed by atoms with van der Waals surface area (Å²) in [5.74, 6) is -0.131. The van der Waals surface area contributed by atoms with Crippen molar-refractivity contribution in [3.05, 3.63) is 65.7 Å². The lowest BCUT2D eigenvalue weighted by Crippen LogP contribution is -2.37. The molecule has 2 N–H and O–H groups in total. The van der Waals surface area contributed by atoms with Crippen LogP contribution in [0.25, 0.3) is 0 Å². The molecule has 132 valence electrons. The van der Waals surface area contributed by atoms with Crippen molar-refractivity contribution in [3.63, 3.8) is 0 Å². The Labute approximate surface area is 149 Å². The molecule has 2 rings (SSSR count). The molecule has 2 aromatic rings. The summed E-state index contributed by atoms with van der Waals surface area (Å²) in [7, 11) is 0. The third kappa shape index (κ3) is 5.75. The van der Waals surface area contributed by atoms with Crippen LogP contribution < -0.4 is 10.6 Å². The molecule has 0 heterocycles. The largest absolute Gasteiger partial charge is 0.341 e. The molecule has 0 saturated heterocycles. The van der Waals surface area contributed by atoms with Crippen LogP contribution in [0, 0.1) is 5.92 Å². The van der Waals surface area contributed by atoms with Crippen molar-refractivity contribution in [3.8, 4) is 0 Å². The molecule has 0 spiro atoms. The maximum absolute atomic E-state index is 12.8. The van der Waals surface area contributed by atoms with Crippen molar-refractivity contribution in [1.82, 2.24) is 5.32 Å². The maximum atomic E-state index is 12.8. The molecule has 0 aromatic heterocycles. The molecule has 1 atom stereocenters. The van der Waals surface area contributed by atoms with Crippen molar-refractivity contribution in [1.29, 1.82) is 0 Å². The molecule has 1 unspecified atom stereocenters. The van der Waals surface area contributed by atoms with Gasteiger partial charge in [0.25, 0.3) is 5.91 Å². The van der Waals surface area contributed by atoms with Crippen molar-refractivity contribution in [2.45, 2.75) is 39.7 Å². The first-order chi connectivity index (χ1) is 12.0. The van der Waals surface area contributed by atoms with Crippen LogP contribution in [0.2, 0.25) is 0 Å². The highest BCUT2D eigenvalue weighted by Gasteiger charge is 2.23. The van der Waals surface area contributed by atoms with Crippen LogP contribution in [0.5, 0.6) is 0 Å². The first-order valence-electron chi connectivity index (χ1n) is 8.73. The molecule has 0 radical (unpaired) electrons. The Morgan fingerprint density at radius 1 is 0.960 bits per heavy atom. The van der Waals surface area contributed by atoms with Crippen LogP contribution >= 0.6 is 0 Å². The van der Waals surface area contributed by atoms with E-state index in [0.717, 1.165) is 17.7 Å². The molecular weight excluding hydrogens is 312 g/mol. The van der Waals surface area contributed by atoms with E-state index in [2.05, 4.69) is 17.6 Å². The van der Waals surface area contributed by atoms with E-state index < -0.39 is 6.04 Å². The summed E-state index contributed by atoms with van der Waals surface area (Å²) in [5.41, 5.74) is 2.70. The quantitative estimate of drug-likeness (QED) is 0.799. The van der Waals surface area contributed by atoms with Crippen molar-refractivity contribution < 1.29 is 9.59 Å². The molecule has 2 amide bonds. The van der Waals surface area contributed by atoms with Crippen LogP contribution in [-0.2, 0) is 16.0 Å². The first kappa shape index (κ1) is 18.7. The number of hydrogen-bond acceptors (Lipinski definition) is 2. The normalized spacial score (nSPS) is 11.8. The van der Waals surface area contributed by atoms with Gasteiger partial charge in [-0.05, 0) is 35.6 Å². The lowest BCUT2D eigenvalue weighted by Gasteiger charge is -2.19. The highest BCUT2D eigenvalue weighted by molar-refractivity contribution is 5.97. The third-order valence-electron chi connectivity index (χ3n) is 3.92.